The minimum atomic E-state index is -3.94. The third-order valence-electron chi connectivity index (χ3n) is 4.44. The van der Waals surface area contributed by atoms with Crippen LogP contribution in [0.15, 0.2) is 53.4 Å². The number of anilines is 1. The van der Waals surface area contributed by atoms with E-state index in [0.717, 1.165) is 9.87 Å². The second-order valence-corrected chi connectivity index (χ2v) is 9.47. The van der Waals surface area contributed by atoms with Crippen molar-refractivity contribution in [2.75, 3.05) is 11.4 Å². The molecule has 0 saturated heterocycles. The van der Waals surface area contributed by atoms with Crippen molar-refractivity contribution < 1.29 is 27.5 Å². The van der Waals surface area contributed by atoms with E-state index in [1.165, 1.54) is 38.2 Å². The Kier molecular flexibility index (Phi) is 7.98. The molecule has 0 fully saturated rings. The number of benzene rings is 2. The normalized spacial score (nSPS) is 12.1. The van der Waals surface area contributed by atoms with Gasteiger partial charge >= 0.3 is 12.0 Å². The minimum absolute atomic E-state index is 0.0466. The summed E-state index contributed by atoms with van der Waals surface area (Å²) < 4.78 is 32.2. The number of nitrogens with zero attached hydrogens (tertiary/aromatic N) is 1. The van der Waals surface area contributed by atoms with E-state index >= 15 is 0 Å². The number of imide groups is 1. The number of carbonyl (C=O) groups is 3. The zero-order valence-electron chi connectivity index (χ0n) is 18.6. The van der Waals surface area contributed by atoms with Gasteiger partial charge in [0.1, 0.15) is 0 Å². The second-order valence-electron chi connectivity index (χ2n) is 7.50. The molecule has 10 heteroatoms. The summed E-state index contributed by atoms with van der Waals surface area (Å²) in [6, 6.07) is 11.4. The predicted octanol–water partition coefficient (Wildman–Crippen LogP) is 2.60. The van der Waals surface area contributed by atoms with Crippen LogP contribution in [-0.4, -0.2) is 45.5 Å². The summed E-state index contributed by atoms with van der Waals surface area (Å²) in [6.07, 6.45) is -1.27. The van der Waals surface area contributed by atoms with Gasteiger partial charge in [0.25, 0.3) is 15.9 Å². The van der Waals surface area contributed by atoms with Crippen LogP contribution in [-0.2, 0) is 19.6 Å². The molecule has 0 aromatic heterocycles. The van der Waals surface area contributed by atoms with Gasteiger partial charge in [0.2, 0.25) is 0 Å². The smallest absolute Gasteiger partial charge is 0.338 e. The van der Waals surface area contributed by atoms with Crippen LogP contribution in [0.5, 0.6) is 0 Å². The van der Waals surface area contributed by atoms with Gasteiger partial charge < -0.3 is 10.1 Å². The first kappa shape index (κ1) is 24.9. The van der Waals surface area contributed by atoms with Gasteiger partial charge in [-0.2, -0.15) is 0 Å². The first-order valence-electron chi connectivity index (χ1n) is 9.90. The summed E-state index contributed by atoms with van der Waals surface area (Å²) in [7, 11) is -2.52. The van der Waals surface area contributed by atoms with Crippen molar-refractivity contribution in [3.63, 3.8) is 0 Å². The quantitative estimate of drug-likeness (QED) is 0.611. The maximum absolute atomic E-state index is 13.0. The van der Waals surface area contributed by atoms with Gasteiger partial charge in [0.15, 0.2) is 6.10 Å². The van der Waals surface area contributed by atoms with Crippen molar-refractivity contribution in [3.05, 3.63) is 59.7 Å². The average molecular weight is 462 g/mol. The molecule has 0 saturated carbocycles. The SMILES string of the molecule is Cc1ccc(N(C)S(=O)(=O)c2cccc(C(=O)OC(C)C(=O)NC(=O)NC(C)C)c2)cc1. The highest BCUT2D eigenvalue weighted by atomic mass is 32.2. The summed E-state index contributed by atoms with van der Waals surface area (Å²) >= 11 is 0. The van der Waals surface area contributed by atoms with E-state index in [-0.39, 0.29) is 16.5 Å². The fourth-order valence-corrected chi connectivity index (χ4v) is 3.87. The molecule has 0 heterocycles. The molecule has 0 aliphatic rings. The molecule has 2 aromatic rings. The highest BCUT2D eigenvalue weighted by Crippen LogP contribution is 2.23. The molecular formula is C22H27N3O6S. The van der Waals surface area contributed by atoms with Gasteiger partial charge in [-0.3, -0.25) is 14.4 Å². The van der Waals surface area contributed by atoms with E-state index in [4.69, 9.17) is 4.74 Å². The molecule has 0 aliphatic heterocycles. The minimum Gasteiger partial charge on any atom is -0.449 e. The van der Waals surface area contributed by atoms with Crippen LogP contribution in [0.4, 0.5) is 10.5 Å². The largest absolute Gasteiger partial charge is 0.449 e. The zero-order chi connectivity index (χ0) is 24.1. The van der Waals surface area contributed by atoms with Crippen molar-refractivity contribution in [3.8, 4) is 0 Å². The summed E-state index contributed by atoms with van der Waals surface area (Å²) in [5.41, 5.74) is 1.41. The molecule has 0 radical (unpaired) electrons. The van der Waals surface area contributed by atoms with Crippen molar-refractivity contribution >= 4 is 33.6 Å². The maximum Gasteiger partial charge on any atom is 0.338 e. The lowest BCUT2D eigenvalue weighted by Crippen LogP contribution is -2.46. The van der Waals surface area contributed by atoms with Crippen LogP contribution in [0.1, 0.15) is 36.7 Å². The molecule has 0 aliphatic carbocycles. The monoisotopic (exact) mass is 461 g/mol. The van der Waals surface area contributed by atoms with Gasteiger partial charge in [-0.25, -0.2) is 18.0 Å². The zero-order valence-corrected chi connectivity index (χ0v) is 19.4. The van der Waals surface area contributed by atoms with Gasteiger partial charge in [-0.15, -0.1) is 0 Å². The lowest BCUT2D eigenvalue weighted by atomic mass is 10.2. The van der Waals surface area contributed by atoms with E-state index in [9.17, 15) is 22.8 Å². The van der Waals surface area contributed by atoms with Gasteiger partial charge in [0.05, 0.1) is 16.1 Å². The van der Waals surface area contributed by atoms with E-state index in [1.807, 2.05) is 6.92 Å². The highest BCUT2D eigenvalue weighted by Gasteiger charge is 2.25. The summed E-state index contributed by atoms with van der Waals surface area (Å²) in [6.45, 7) is 6.66. The molecule has 3 amide bonds. The van der Waals surface area contributed by atoms with Gasteiger partial charge in [-0.05, 0) is 58.0 Å². The van der Waals surface area contributed by atoms with Crippen molar-refractivity contribution in [2.45, 2.75) is 44.7 Å². The highest BCUT2D eigenvalue weighted by molar-refractivity contribution is 7.92. The number of esters is 1. The first-order valence-corrected chi connectivity index (χ1v) is 11.3. The van der Waals surface area contributed by atoms with Crippen LogP contribution in [0, 0.1) is 6.92 Å². The summed E-state index contributed by atoms with van der Waals surface area (Å²) in [4.78, 5) is 36.0. The Morgan fingerprint density at radius 3 is 2.22 bits per heavy atom. The summed E-state index contributed by atoms with van der Waals surface area (Å²) in [5.74, 6) is -1.70. The predicted molar refractivity (Wildman–Crippen MR) is 120 cm³/mol. The van der Waals surface area contributed by atoms with Crippen LogP contribution < -0.4 is 14.9 Å². The molecule has 1 unspecified atom stereocenters. The molecular weight excluding hydrogens is 434 g/mol. The van der Waals surface area contributed by atoms with E-state index in [2.05, 4.69) is 10.6 Å². The molecule has 0 spiro atoms. The number of urea groups is 1. The molecule has 0 bridgehead atoms. The van der Waals surface area contributed by atoms with Crippen LogP contribution >= 0.6 is 0 Å². The Bertz CT molecular complexity index is 1100. The fourth-order valence-electron chi connectivity index (χ4n) is 2.63. The molecule has 2 rings (SSSR count). The lowest BCUT2D eigenvalue weighted by Gasteiger charge is -2.20. The number of amides is 3. The summed E-state index contributed by atoms with van der Waals surface area (Å²) in [5, 5.41) is 4.55. The molecule has 2 N–H and O–H groups in total. The fraction of sp³-hybridized carbons (Fsp3) is 0.318. The number of sulfonamides is 1. The van der Waals surface area contributed by atoms with Gasteiger partial charge in [-0.1, -0.05) is 23.8 Å². The van der Waals surface area contributed by atoms with Crippen molar-refractivity contribution in [2.24, 2.45) is 0 Å². The number of aryl methyl sites for hydroxylation is 1. The standard InChI is InChI=1S/C22H27N3O6S/c1-14(2)23-22(28)24-20(26)16(4)31-21(27)17-7-6-8-19(13-17)32(29,30)25(5)18-11-9-15(3)10-12-18/h6-14,16H,1-5H3,(H2,23,24,26,28). The third kappa shape index (κ3) is 6.30. The number of hydrogen-bond acceptors (Lipinski definition) is 6. The number of ether oxygens (including phenoxy) is 1. The topological polar surface area (TPSA) is 122 Å². The lowest BCUT2D eigenvalue weighted by molar-refractivity contribution is -0.127. The Morgan fingerprint density at radius 1 is 1.00 bits per heavy atom. The molecule has 32 heavy (non-hydrogen) atoms. The molecule has 1 atom stereocenters. The molecule has 172 valence electrons. The first-order chi connectivity index (χ1) is 14.9. The van der Waals surface area contributed by atoms with Crippen molar-refractivity contribution in [1.82, 2.24) is 10.6 Å². The van der Waals surface area contributed by atoms with Crippen LogP contribution in [0.2, 0.25) is 0 Å². The van der Waals surface area contributed by atoms with Crippen LogP contribution in [0.25, 0.3) is 0 Å². The molecule has 9 nitrogen and oxygen atoms in total. The van der Waals surface area contributed by atoms with E-state index in [0.29, 0.717) is 5.69 Å². The average Bonchev–Trinajstić information content (AvgIpc) is 2.73. The Balaban J connectivity index is 2.14. The number of rotatable bonds is 7. The number of nitrogens with one attached hydrogen (secondary N) is 2. The Labute approximate surface area is 187 Å². The molecule has 2 aromatic carbocycles. The third-order valence-corrected chi connectivity index (χ3v) is 6.22. The van der Waals surface area contributed by atoms with Crippen LogP contribution in [0.3, 0.4) is 0 Å². The maximum atomic E-state index is 13.0. The second kappa shape index (κ2) is 10.3. The van der Waals surface area contributed by atoms with Crippen molar-refractivity contribution in [1.29, 1.82) is 0 Å². The Hall–Kier alpha value is -3.40. The van der Waals surface area contributed by atoms with Gasteiger partial charge in [0, 0.05) is 13.1 Å². The Morgan fingerprint density at radius 2 is 1.62 bits per heavy atom. The number of hydrogen-bond donors (Lipinski definition) is 2. The van der Waals surface area contributed by atoms with E-state index in [1.54, 1.807) is 38.1 Å². The number of carbonyl (C=O) groups excluding carboxylic acids is 3. The van der Waals surface area contributed by atoms with E-state index < -0.39 is 34.0 Å².